The van der Waals surface area contributed by atoms with Crippen LogP contribution in [0.3, 0.4) is 0 Å². The molecule has 0 bridgehead atoms. The highest BCUT2D eigenvalue weighted by Crippen LogP contribution is 2.41. The summed E-state index contributed by atoms with van der Waals surface area (Å²) in [5, 5.41) is 1.37. The van der Waals surface area contributed by atoms with Crippen molar-refractivity contribution in [1.29, 1.82) is 0 Å². The molecule has 15 heavy (non-hydrogen) atoms. The molecule has 0 atom stereocenters. The van der Waals surface area contributed by atoms with Crippen molar-refractivity contribution in [3.8, 4) is 0 Å². The SMILES string of the molecule is NC1(c2nc(Cl)c3ccccc3n2)CC1. The summed E-state index contributed by atoms with van der Waals surface area (Å²) in [5.74, 6) is 0.672. The molecule has 1 fully saturated rings. The minimum absolute atomic E-state index is 0.326. The fourth-order valence-corrected chi connectivity index (χ4v) is 1.86. The van der Waals surface area contributed by atoms with E-state index in [0.29, 0.717) is 11.0 Å². The van der Waals surface area contributed by atoms with E-state index >= 15 is 0 Å². The number of fused-ring (bicyclic) bond motifs is 1. The van der Waals surface area contributed by atoms with Crippen LogP contribution in [0.1, 0.15) is 18.7 Å². The Balaban J connectivity index is 2.27. The van der Waals surface area contributed by atoms with Crippen LogP contribution < -0.4 is 5.73 Å². The van der Waals surface area contributed by atoms with Gasteiger partial charge in [-0.05, 0) is 25.0 Å². The predicted molar refractivity (Wildman–Crippen MR) is 59.6 cm³/mol. The highest BCUT2D eigenvalue weighted by Gasteiger charge is 2.43. The highest BCUT2D eigenvalue weighted by molar-refractivity contribution is 6.34. The summed E-state index contributed by atoms with van der Waals surface area (Å²) in [4.78, 5) is 8.71. The fourth-order valence-electron chi connectivity index (χ4n) is 1.62. The Morgan fingerprint density at radius 3 is 2.67 bits per heavy atom. The molecule has 76 valence electrons. The maximum atomic E-state index is 6.09. The molecule has 4 heteroatoms. The molecule has 0 aliphatic heterocycles. The van der Waals surface area contributed by atoms with E-state index < -0.39 is 0 Å². The first-order valence-corrected chi connectivity index (χ1v) is 5.28. The van der Waals surface area contributed by atoms with Gasteiger partial charge in [0.15, 0.2) is 5.82 Å². The van der Waals surface area contributed by atoms with Gasteiger partial charge >= 0.3 is 0 Å². The topological polar surface area (TPSA) is 51.8 Å². The van der Waals surface area contributed by atoms with E-state index in [1.54, 1.807) is 0 Å². The number of nitrogens with zero attached hydrogens (tertiary/aromatic N) is 2. The zero-order valence-electron chi connectivity index (χ0n) is 8.07. The summed E-state index contributed by atoms with van der Waals surface area (Å²) in [6.45, 7) is 0. The van der Waals surface area contributed by atoms with E-state index in [4.69, 9.17) is 17.3 Å². The quantitative estimate of drug-likeness (QED) is 0.749. The molecular formula is C11H10ClN3. The highest BCUT2D eigenvalue weighted by atomic mass is 35.5. The number of hydrogen-bond donors (Lipinski definition) is 1. The van der Waals surface area contributed by atoms with E-state index in [0.717, 1.165) is 23.7 Å². The van der Waals surface area contributed by atoms with Crippen LogP contribution in [0.2, 0.25) is 5.15 Å². The molecule has 2 N–H and O–H groups in total. The van der Waals surface area contributed by atoms with E-state index in [1.165, 1.54) is 0 Å². The lowest BCUT2D eigenvalue weighted by Crippen LogP contribution is -2.22. The van der Waals surface area contributed by atoms with Gasteiger partial charge in [-0.3, -0.25) is 0 Å². The Morgan fingerprint density at radius 1 is 1.20 bits per heavy atom. The number of aromatic nitrogens is 2. The second-order valence-electron chi connectivity index (χ2n) is 4.01. The summed E-state index contributed by atoms with van der Waals surface area (Å²) in [5.41, 5.74) is 6.58. The van der Waals surface area contributed by atoms with Crippen LogP contribution in [-0.4, -0.2) is 9.97 Å². The lowest BCUT2D eigenvalue weighted by atomic mass is 10.2. The first kappa shape index (κ1) is 9.07. The van der Waals surface area contributed by atoms with Crippen LogP contribution in [-0.2, 0) is 5.54 Å². The molecule has 2 aromatic rings. The van der Waals surface area contributed by atoms with Crippen LogP contribution in [0.4, 0.5) is 0 Å². The molecule has 0 amide bonds. The van der Waals surface area contributed by atoms with Crippen molar-refractivity contribution in [3.63, 3.8) is 0 Å². The van der Waals surface area contributed by atoms with Gasteiger partial charge in [-0.15, -0.1) is 0 Å². The summed E-state index contributed by atoms with van der Waals surface area (Å²) in [7, 11) is 0. The Labute approximate surface area is 92.3 Å². The molecule has 0 spiro atoms. The van der Waals surface area contributed by atoms with Crippen LogP contribution in [0, 0.1) is 0 Å². The molecule has 1 aliphatic rings. The molecule has 1 saturated carbocycles. The second-order valence-corrected chi connectivity index (χ2v) is 4.37. The molecule has 3 nitrogen and oxygen atoms in total. The predicted octanol–water partition coefficient (Wildman–Crippen LogP) is 2.23. The van der Waals surface area contributed by atoms with Gasteiger partial charge < -0.3 is 5.73 Å². The summed E-state index contributed by atoms with van der Waals surface area (Å²) >= 11 is 6.09. The van der Waals surface area contributed by atoms with Crippen molar-refractivity contribution in [1.82, 2.24) is 9.97 Å². The molecule has 0 radical (unpaired) electrons. The smallest absolute Gasteiger partial charge is 0.150 e. The maximum absolute atomic E-state index is 6.09. The Bertz CT molecular complexity index is 534. The summed E-state index contributed by atoms with van der Waals surface area (Å²) in [6.07, 6.45) is 1.89. The monoisotopic (exact) mass is 219 g/mol. The summed E-state index contributed by atoms with van der Waals surface area (Å²) < 4.78 is 0. The van der Waals surface area contributed by atoms with E-state index in [-0.39, 0.29) is 5.54 Å². The minimum atomic E-state index is -0.326. The zero-order valence-corrected chi connectivity index (χ0v) is 8.83. The van der Waals surface area contributed by atoms with E-state index in [9.17, 15) is 0 Å². The van der Waals surface area contributed by atoms with Gasteiger partial charge in [0, 0.05) is 5.39 Å². The van der Waals surface area contributed by atoms with Gasteiger partial charge in [0.2, 0.25) is 0 Å². The second kappa shape index (κ2) is 2.90. The third kappa shape index (κ3) is 1.39. The maximum Gasteiger partial charge on any atom is 0.150 e. The number of benzene rings is 1. The third-order valence-electron chi connectivity index (χ3n) is 2.79. The first-order chi connectivity index (χ1) is 7.19. The molecule has 3 rings (SSSR count). The Hall–Kier alpha value is -1.19. The molecule has 1 aromatic carbocycles. The van der Waals surface area contributed by atoms with Crippen molar-refractivity contribution >= 4 is 22.5 Å². The molecular weight excluding hydrogens is 210 g/mol. The van der Waals surface area contributed by atoms with Gasteiger partial charge in [0.1, 0.15) is 5.15 Å². The van der Waals surface area contributed by atoms with Gasteiger partial charge in [0.25, 0.3) is 0 Å². The fraction of sp³-hybridized carbons (Fsp3) is 0.273. The van der Waals surface area contributed by atoms with Gasteiger partial charge in [-0.1, -0.05) is 23.7 Å². The number of nitrogens with two attached hydrogens (primary N) is 1. The van der Waals surface area contributed by atoms with Crippen LogP contribution in [0.15, 0.2) is 24.3 Å². The zero-order chi connectivity index (χ0) is 10.5. The third-order valence-corrected chi connectivity index (χ3v) is 3.08. The van der Waals surface area contributed by atoms with E-state index in [1.807, 2.05) is 24.3 Å². The molecule has 1 aliphatic carbocycles. The molecule has 0 unspecified atom stereocenters. The van der Waals surface area contributed by atoms with E-state index in [2.05, 4.69) is 9.97 Å². The Morgan fingerprint density at radius 2 is 1.93 bits per heavy atom. The molecule has 1 heterocycles. The van der Waals surface area contributed by atoms with Crippen molar-refractivity contribution in [3.05, 3.63) is 35.2 Å². The van der Waals surface area contributed by atoms with Crippen LogP contribution in [0.5, 0.6) is 0 Å². The minimum Gasteiger partial charge on any atom is -0.319 e. The van der Waals surface area contributed by atoms with Crippen LogP contribution >= 0.6 is 11.6 Å². The number of rotatable bonds is 1. The Kier molecular flexibility index (Phi) is 1.75. The largest absolute Gasteiger partial charge is 0.319 e. The number of halogens is 1. The molecule has 1 aromatic heterocycles. The average molecular weight is 220 g/mol. The van der Waals surface area contributed by atoms with Crippen molar-refractivity contribution in [2.75, 3.05) is 0 Å². The first-order valence-electron chi connectivity index (χ1n) is 4.91. The lowest BCUT2D eigenvalue weighted by Gasteiger charge is -2.08. The van der Waals surface area contributed by atoms with Crippen molar-refractivity contribution in [2.45, 2.75) is 18.4 Å². The normalized spacial score (nSPS) is 18.0. The number of para-hydroxylation sites is 1. The standard InChI is InChI=1S/C11H10ClN3/c12-9-7-3-1-2-4-8(7)14-10(15-9)11(13)5-6-11/h1-4H,5-6,13H2. The van der Waals surface area contributed by atoms with Crippen LogP contribution in [0.25, 0.3) is 10.9 Å². The average Bonchev–Trinajstić information content (AvgIpc) is 2.98. The molecule has 0 saturated heterocycles. The number of hydrogen-bond acceptors (Lipinski definition) is 3. The van der Waals surface area contributed by atoms with Crippen molar-refractivity contribution in [2.24, 2.45) is 5.73 Å². The van der Waals surface area contributed by atoms with Crippen molar-refractivity contribution < 1.29 is 0 Å². The van der Waals surface area contributed by atoms with Gasteiger partial charge in [-0.2, -0.15) is 0 Å². The lowest BCUT2D eigenvalue weighted by molar-refractivity contribution is 0.678. The van der Waals surface area contributed by atoms with Gasteiger partial charge in [0.05, 0.1) is 11.1 Å². The summed E-state index contributed by atoms with van der Waals surface area (Å²) in [6, 6.07) is 7.70. The van der Waals surface area contributed by atoms with Gasteiger partial charge in [-0.25, -0.2) is 9.97 Å².